The monoisotopic (exact) mass is 404 g/mol. The van der Waals surface area contributed by atoms with Crippen molar-refractivity contribution >= 4 is 23.3 Å². The number of hydrogen-bond acceptors (Lipinski definition) is 4. The van der Waals surface area contributed by atoms with Crippen LogP contribution in [0.4, 0.5) is 11.5 Å². The molecule has 2 N–H and O–H groups in total. The van der Waals surface area contributed by atoms with Crippen molar-refractivity contribution in [3.05, 3.63) is 59.3 Å². The number of hydrogen-bond donors (Lipinski definition) is 2. The molecule has 30 heavy (non-hydrogen) atoms. The van der Waals surface area contributed by atoms with Gasteiger partial charge in [0.25, 0.3) is 5.91 Å². The summed E-state index contributed by atoms with van der Waals surface area (Å²) in [5.74, 6) is 0.907. The van der Waals surface area contributed by atoms with E-state index in [0.29, 0.717) is 5.82 Å². The van der Waals surface area contributed by atoms with Crippen molar-refractivity contribution in [2.45, 2.75) is 33.2 Å². The highest BCUT2D eigenvalue weighted by Crippen LogP contribution is 2.38. The van der Waals surface area contributed by atoms with E-state index in [9.17, 15) is 9.59 Å². The number of nitrogens with zero attached hydrogens (tertiary/aromatic N) is 2. The Kier molecular flexibility index (Phi) is 5.03. The van der Waals surface area contributed by atoms with Gasteiger partial charge >= 0.3 is 0 Å². The lowest BCUT2D eigenvalue weighted by atomic mass is 10.1. The highest BCUT2D eigenvalue weighted by molar-refractivity contribution is 6.04. The standard InChI is InChI=1S/C23H24N4O3/c1-13-5-8-17(11-14(13)2)24-20(28)12-19-23(29)25-22-21(15(3)26-27(19)22)16-6-9-18(30-4)10-7-16/h5-11,19H,12H2,1-4H3,(H,24,28)(H,25,29). The summed E-state index contributed by atoms with van der Waals surface area (Å²) in [7, 11) is 1.62. The molecular weight excluding hydrogens is 380 g/mol. The topological polar surface area (TPSA) is 85.2 Å². The Bertz CT molecular complexity index is 1130. The third-order valence-corrected chi connectivity index (χ3v) is 5.47. The van der Waals surface area contributed by atoms with Crippen LogP contribution in [0.2, 0.25) is 0 Å². The van der Waals surface area contributed by atoms with E-state index in [2.05, 4.69) is 15.7 Å². The lowest BCUT2D eigenvalue weighted by Gasteiger charge is -2.11. The fourth-order valence-electron chi connectivity index (χ4n) is 3.69. The van der Waals surface area contributed by atoms with Crippen LogP contribution in [0.1, 0.15) is 29.3 Å². The molecule has 2 amide bonds. The molecule has 1 aliphatic rings. The Labute approximate surface area is 175 Å². The molecular formula is C23H24N4O3. The van der Waals surface area contributed by atoms with E-state index in [1.807, 2.05) is 63.2 Å². The number of ether oxygens (including phenoxy) is 1. The maximum atomic E-state index is 12.6. The number of anilines is 2. The second kappa shape index (κ2) is 7.67. The van der Waals surface area contributed by atoms with Gasteiger partial charge in [0.1, 0.15) is 17.6 Å². The second-order valence-corrected chi connectivity index (χ2v) is 7.54. The van der Waals surface area contributed by atoms with Gasteiger partial charge in [0.15, 0.2) is 0 Å². The van der Waals surface area contributed by atoms with Gasteiger partial charge in [-0.1, -0.05) is 18.2 Å². The number of benzene rings is 2. The van der Waals surface area contributed by atoms with E-state index in [4.69, 9.17) is 4.74 Å². The molecule has 4 rings (SSSR count). The largest absolute Gasteiger partial charge is 0.497 e. The van der Waals surface area contributed by atoms with Crippen LogP contribution in [0.3, 0.4) is 0 Å². The fourth-order valence-corrected chi connectivity index (χ4v) is 3.69. The van der Waals surface area contributed by atoms with E-state index in [0.717, 1.165) is 39.4 Å². The van der Waals surface area contributed by atoms with Gasteiger partial charge in [-0.25, -0.2) is 4.68 Å². The van der Waals surface area contributed by atoms with Crippen molar-refractivity contribution in [2.75, 3.05) is 17.7 Å². The average Bonchev–Trinajstić information content (AvgIpc) is 3.18. The number of aryl methyl sites for hydroxylation is 3. The molecule has 0 aliphatic carbocycles. The number of carbonyl (C=O) groups excluding carboxylic acids is 2. The molecule has 0 fully saturated rings. The Balaban J connectivity index is 1.56. The minimum absolute atomic E-state index is 0.00886. The Morgan fingerprint density at radius 3 is 2.53 bits per heavy atom. The zero-order chi connectivity index (χ0) is 21.4. The van der Waals surface area contributed by atoms with E-state index in [1.165, 1.54) is 0 Å². The van der Waals surface area contributed by atoms with Gasteiger partial charge in [0.2, 0.25) is 5.91 Å². The average molecular weight is 404 g/mol. The summed E-state index contributed by atoms with van der Waals surface area (Å²) in [6, 6.07) is 12.6. The summed E-state index contributed by atoms with van der Waals surface area (Å²) in [6.07, 6.45) is 0.00886. The smallest absolute Gasteiger partial charge is 0.251 e. The number of nitrogens with one attached hydrogen (secondary N) is 2. The molecule has 0 bridgehead atoms. The predicted octanol–water partition coefficient (Wildman–Crippen LogP) is 4.01. The van der Waals surface area contributed by atoms with Crippen molar-refractivity contribution in [3.8, 4) is 16.9 Å². The molecule has 0 saturated heterocycles. The van der Waals surface area contributed by atoms with Crippen molar-refractivity contribution in [2.24, 2.45) is 0 Å². The summed E-state index contributed by atoms with van der Waals surface area (Å²) < 4.78 is 6.84. The van der Waals surface area contributed by atoms with Crippen LogP contribution in [0.5, 0.6) is 5.75 Å². The first-order valence-electron chi connectivity index (χ1n) is 9.79. The molecule has 3 aromatic rings. The first-order chi connectivity index (χ1) is 14.4. The molecule has 1 aromatic heterocycles. The van der Waals surface area contributed by atoms with Crippen LogP contribution in [-0.2, 0) is 9.59 Å². The first-order valence-corrected chi connectivity index (χ1v) is 9.79. The maximum absolute atomic E-state index is 12.6. The summed E-state index contributed by atoms with van der Waals surface area (Å²) in [5.41, 5.74) is 5.54. The third kappa shape index (κ3) is 3.54. The SMILES string of the molecule is COc1ccc(-c2c(C)nn3c2NC(=O)C3CC(=O)Nc2ccc(C)c(C)c2)cc1. The molecule has 2 aromatic carbocycles. The molecule has 7 nitrogen and oxygen atoms in total. The number of amides is 2. The number of methoxy groups -OCH3 is 1. The molecule has 0 saturated carbocycles. The molecule has 154 valence electrons. The summed E-state index contributed by atoms with van der Waals surface area (Å²) in [5, 5.41) is 10.3. The molecule has 7 heteroatoms. The summed E-state index contributed by atoms with van der Waals surface area (Å²) >= 11 is 0. The highest BCUT2D eigenvalue weighted by Gasteiger charge is 2.36. The highest BCUT2D eigenvalue weighted by atomic mass is 16.5. The molecule has 1 atom stereocenters. The van der Waals surface area contributed by atoms with Gasteiger partial charge in [-0.05, 0) is 61.7 Å². The fraction of sp³-hybridized carbons (Fsp3) is 0.261. The minimum Gasteiger partial charge on any atom is -0.497 e. The van der Waals surface area contributed by atoms with E-state index < -0.39 is 6.04 Å². The number of rotatable bonds is 5. The van der Waals surface area contributed by atoms with Crippen LogP contribution in [0, 0.1) is 20.8 Å². The van der Waals surface area contributed by atoms with Crippen molar-refractivity contribution in [1.29, 1.82) is 0 Å². The Morgan fingerprint density at radius 1 is 1.13 bits per heavy atom. The first kappa shape index (κ1) is 19.7. The summed E-state index contributed by atoms with van der Waals surface area (Å²) in [4.78, 5) is 25.2. The number of aromatic nitrogens is 2. The quantitative estimate of drug-likeness (QED) is 0.673. The van der Waals surface area contributed by atoms with Crippen LogP contribution < -0.4 is 15.4 Å². The van der Waals surface area contributed by atoms with Crippen molar-refractivity contribution < 1.29 is 14.3 Å². The molecule has 2 heterocycles. The molecule has 0 spiro atoms. The number of fused-ring (bicyclic) bond motifs is 1. The van der Waals surface area contributed by atoms with Gasteiger partial charge in [-0.15, -0.1) is 0 Å². The van der Waals surface area contributed by atoms with Gasteiger partial charge in [0.05, 0.1) is 19.2 Å². The van der Waals surface area contributed by atoms with Gasteiger partial charge < -0.3 is 15.4 Å². The molecule has 1 unspecified atom stereocenters. The lowest BCUT2D eigenvalue weighted by molar-refractivity contribution is -0.123. The maximum Gasteiger partial charge on any atom is 0.251 e. The van der Waals surface area contributed by atoms with E-state index >= 15 is 0 Å². The third-order valence-electron chi connectivity index (χ3n) is 5.47. The normalized spacial score (nSPS) is 14.9. The Morgan fingerprint density at radius 2 is 1.87 bits per heavy atom. The van der Waals surface area contributed by atoms with Crippen molar-refractivity contribution in [1.82, 2.24) is 9.78 Å². The van der Waals surface area contributed by atoms with Gasteiger partial charge in [-0.3, -0.25) is 9.59 Å². The Hall–Kier alpha value is -3.61. The van der Waals surface area contributed by atoms with Crippen LogP contribution in [-0.4, -0.2) is 28.7 Å². The molecule has 1 aliphatic heterocycles. The van der Waals surface area contributed by atoms with Crippen LogP contribution in [0.25, 0.3) is 11.1 Å². The van der Waals surface area contributed by atoms with Gasteiger partial charge in [-0.2, -0.15) is 5.10 Å². The van der Waals surface area contributed by atoms with Gasteiger partial charge in [0, 0.05) is 11.3 Å². The minimum atomic E-state index is -0.683. The van der Waals surface area contributed by atoms with E-state index in [1.54, 1.807) is 11.8 Å². The van der Waals surface area contributed by atoms with Crippen LogP contribution in [0.15, 0.2) is 42.5 Å². The summed E-state index contributed by atoms with van der Waals surface area (Å²) in [6.45, 7) is 5.91. The van der Waals surface area contributed by atoms with Crippen molar-refractivity contribution in [3.63, 3.8) is 0 Å². The zero-order valence-corrected chi connectivity index (χ0v) is 17.4. The predicted molar refractivity (Wildman–Crippen MR) is 116 cm³/mol. The van der Waals surface area contributed by atoms with E-state index in [-0.39, 0.29) is 18.2 Å². The van der Waals surface area contributed by atoms with Crippen LogP contribution >= 0.6 is 0 Å². The lowest BCUT2D eigenvalue weighted by Crippen LogP contribution is -2.23. The second-order valence-electron chi connectivity index (χ2n) is 7.54. The number of carbonyl (C=O) groups is 2. The zero-order valence-electron chi connectivity index (χ0n) is 17.4. The molecule has 0 radical (unpaired) electrons.